The van der Waals surface area contributed by atoms with Gasteiger partial charge in [-0.15, -0.1) is 11.3 Å². The van der Waals surface area contributed by atoms with Gasteiger partial charge in [0, 0.05) is 12.0 Å². The number of H-pyrrole nitrogens is 1. The van der Waals surface area contributed by atoms with E-state index in [0.717, 1.165) is 35.8 Å². The highest BCUT2D eigenvalue weighted by Gasteiger charge is 2.30. The molecule has 0 aliphatic heterocycles. The molecular formula is C12H16N4S. The summed E-state index contributed by atoms with van der Waals surface area (Å²) in [6.45, 7) is 0. The maximum absolute atomic E-state index is 6.33. The fraction of sp³-hybridized carbons (Fsp3) is 0.500. The third-order valence-electron chi connectivity index (χ3n) is 3.39. The Morgan fingerprint density at radius 3 is 2.94 bits per heavy atom. The molecule has 0 bridgehead atoms. The van der Waals surface area contributed by atoms with Gasteiger partial charge in [-0.25, -0.2) is 4.98 Å². The van der Waals surface area contributed by atoms with E-state index in [-0.39, 0.29) is 5.54 Å². The van der Waals surface area contributed by atoms with Crippen LogP contribution in [0.15, 0.2) is 17.5 Å². The third kappa shape index (κ3) is 2.25. The van der Waals surface area contributed by atoms with E-state index in [9.17, 15) is 0 Å². The largest absolute Gasteiger partial charge is 0.325 e. The number of thiophene rings is 1. The molecule has 90 valence electrons. The Kier molecular flexibility index (Phi) is 2.72. The van der Waals surface area contributed by atoms with Gasteiger partial charge in [0.1, 0.15) is 5.82 Å². The molecule has 0 saturated heterocycles. The van der Waals surface area contributed by atoms with E-state index in [1.807, 2.05) is 17.5 Å². The van der Waals surface area contributed by atoms with Crippen LogP contribution in [0.4, 0.5) is 0 Å². The van der Waals surface area contributed by atoms with Gasteiger partial charge >= 0.3 is 0 Å². The number of aromatic nitrogens is 3. The van der Waals surface area contributed by atoms with Crippen LogP contribution in [0.3, 0.4) is 0 Å². The van der Waals surface area contributed by atoms with Gasteiger partial charge in [-0.05, 0) is 24.3 Å². The van der Waals surface area contributed by atoms with Gasteiger partial charge in [-0.3, -0.25) is 5.10 Å². The lowest BCUT2D eigenvalue weighted by atomic mass is 9.94. The van der Waals surface area contributed by atoms with Crippen molar-refractivity contribution in [1.82, 2.24) is 15.2 Å². The van der Waals surface area contributed by atoms with E-state index in [4.69, 9.17) is 5.73 Å². The topological polar surface area (TPSA) is 67.6 Å². The van der Waals surface area contributed by atoms with Crippen LogP contribution in [-0.4, -0.2) is 20.7 Å². The molecule has 1 saturated carbocycles. The van der Waals surface area contributed by atoms with E-state index < -0.39 is 0 Å². The molecule has 4 nitrogen and oxygen atoms in total. The van der Waals surface area contributed by atoms with Gasteiger partial charge < -0.3 is 5.73 Å². The molecule has 0 atom stereocenters. The SMILES string of the molecule is NC1(Cc2nc(-c3cccs3)n[nH]2)CCCC1. The van der Waals surface area contributed by atoms with Crippen molar-refractivity contribution in [3.63, 3.8) is 0 Å². The summed E-state index contributed by atoms with van der Waals surface area (Å²) in [5, 5.41) is 9.30. The quantitative estimate of drug-likeness (QED) is 0.876. The summed E-state index contributed by atoms with van der Waals surface area (Å²) in [7, 11) is 0. The van der Waals surface area contributed by atoms with Gasteiger partial charge in [0.05, 0.1) is 4.88 Å². The Hall–Kier alpha value is -1.20. The van der Waals surface area contributed by atoms with E-state index in [1.54, 1.807) is 11.3 Å². The lowest BCUT2D eigenvalue weighted by Crippen LogP contribution is -2.39. The minimum Gasteiger partial charge on any atom is -0.325 e. The van der Waals surface area contributed by atoms with Crippen molar-refractivity contribution in [2.24, 2.45) is 5.73 Å². The molecule has 2 aromatic heterocycles. The molecule has 1 fully saturated rings. The zero-order valence-electron chi connectivity index (χ0n) is 9.65. The molecular weight excluding hydrogens is 232 g/mol. The van der Waals surface area contributed by atoms with Crippen molar-refractivity contribution in [3.05, 3.63) is 23.3 Å². The van der Waals surface area contributed by atoms with Crippen molar-refractivity contribution in [1.29, 1.82) is 0 Å². The maximum Gasteiger partial charge on any atom is 0.191 e. The second-order valence-electron chi connectivity index (χ2n) is 4.83. The number of hydrogen-bond acceptors (Lipinski definition) is 4. The first-order chi connectivity index (χ1) is 8.25. The average molecular weight is 248 g/mol. The number of hydrogen-bond donors (Lipinski definition) is 2. The molecule has 3 rings (SSSR count). The highest BCUT2D eigenvalue weighted by molar-refractivity contribution is 7.13. The smallest absolute Gasteiger partial charge is 0.191 e. The van der Waals surface area contributed by atoms with Crippen molar-refractivity contribution >= 4 is 11.3 Å². The molecule has 1 aliphatic carbocycles. The molecule has 2 heterocycles. The lowest BCUT2D eigenvalue weighted by molar-refractivity contribution is 0.427. The predicted molar refractivity (Wildman–Crippen MR) is 68.8 cm³/mol. The summed E-state index contributed by atoms with van der Waals surface area (Å²) in [6, 6.07) is 4.04. The zero-order chi connectivity index (χ0) is 11.7. The van der Waals surface area contributed by atoms with Crippen LogP contribution >= 0.6 is 11.3 Å². The molecule has 17 heavy (non-hydrogen) atoms. The van der Waals surface area contributed by atoms with Crippen LogP contribution in [0.5, 0.6) is 0 Å². The number of nitrogens with one attached hydrogen (secondary N) is 1. The standard InChI is InChI=1S/C12H16N4S/c13-12(5-1-2-6-12)8-10-14-11(16-15-10)9-4-3-7-17-9/h3-4,7H,1-2,5-6,8,13H2,(H,14,15,16). The molecule has 0 radical (unpaired) electrons. The fourth-order valence-electron chi connectivity index (χ4n) is 2.48. The minimum absolute atomic E-state index is 0.0632. The summed E-state index contributed by atoms with van der Waals surface area (Å²) >= 11 is 1.65. The Morgan fingerprint density at radius 2 is 2.24 bits per heavy atom. The second kappa shape index (κ2) is 4.23. The Labute approximate surface area is 104 Å². The minimum atomic E-state index is -0.0632. The maximum atomic E-state index is 6.33. The Balaban J connectivity index is 1.77. The highest BCUT2D eigenvalue weighted by Crippen LogP contribution is 2.30. The number of rotatable bonds is 3. The highest BCUT2D eigenvalue weighted by atomic mass is 32.1. The van der Waals surface area contributed by atoms with Gasteiger partial charge in [0.15, 0.2) is 5.82 Å². The number of nitrogens with two attached hydrogens (primary N) is 1. The van der Waals surface area contributed by atoms with Crippen LogP contribution in [-0.2, 0) is 6.42 Å². The van der Waals surface area contributed by atoms with Crippen LogP contribution in [0.25, 0.3) is 10.7 Å². The van der Waals surface area contributed by atoms with Crippen LogP contribution < -0.4 is 5.73 Å². The molecule has 5 heteroatoms. The normalized spacial score (nSPS) is 18.6. The first-order valence-corrected chi connectivity index (χ1v) is 6.87. The number of nitrogens with zero attached hydrogens (tertiary/aromatic N) is 2. The first-order valence-electron chi connectivity index (χ1n) is 5.99. The van der Waals surface area contributed by atoms with Crippen molar-refractivity contribution in [2.75, 3.05) is 0 Å². The van der Waals surface area contributed by atoms with Crippen molar-refractivity contribution in [3.8, 4) is 10.7 Å². The molecule has 1 aliphatic rings. The Bertz CT molecular complexity index is 482. The lowest BCUT2D eigenvalue weighted by Gasteiger charge is -2.21. The molecule has 0 spiro atoms. The van der Waals surface area contributed by atoms with Crippen LogP contribution in [0, 0.1) is 0 Å². The summed E-state index contributed by atoms with van der Waals surface area (Å²) in [5.41, 5.74) is 6.27. The van der Waals surface area contributed by atoms with Crippen LogP contribution in [0.2, 0.25) is 0 Å². The molecule has 0 amide bonds. The predicted octanol–water partition coefficient (Wildman–Crippen LogP) is 2.35. The van der Waals surface area contributed by atoms with Gasteiger partial charge in [0.2, 0.25) is 0 Å². The summed E-state index contributed by atoms with van der Waals surface area (Å²) in [4.78, 5) is 5.63. The molecule has 0 unspecified atom stereocenters. The van der Waals surface area contributed by atoms with Crippen LogP contribution in [0.1, 0.15) is 31.5 Å². The molecule has 0 aromatic carbocycles. The third-order valence-corrected chi connectivity index (χ3v) is 4.26. The van der Waals surface area contributed by atoms with E-state index >= 15 is 0 Å². The second-order valence-corrected chi connectivity index (χ2v) is 5.78. The van der Waals surface area contributed by atoms with Gasteiger partial charge in [0.25, 0.3) is 0 Å². The molecule has 2 aromatic rings. The summed E-state index contributed by atoms with van der Waals surface area (Å²) < 4.78 is 0. The van der Waals surface area contributed by atoms with Crippen molar-refractivity contribution in [2.45, 2.75) is 37.6 Å². The summed E-state index contributed by atoms with van der Waals surface area (Å²) in [6.07, 6.45) is 5.49. The number of aromatic amines is 1. The fourth-order valence-corrected chi connectivity index (χ4v) is 3.14. The monoisotopic (exact) mass is 248 g/mol. The average Bonchev–Trinajstić information content (AvgIpc) is 2.98. The van der Waals surface area contributed by atoms with Crippen molar-refractivity contribution < 1.29 is 0 Å². The van der Waals surface area contributed by atoms with E-state index in [1.165, 1.54) is 12.8 Å². The molecule has 3 N–H and O–H groups in total. The zero-order valence-corrected chi connectivity index (χ0v) is 10.5. The van der Waals surface area contributed by atoms with E-state index in [2.05, 4.69) is 15.2 Å². The van der Waals surface area contributed by atoms with E-state index in [0.29, 0.717) is 0 Å². The summed E-state index contributed by atoms with van der Waals surface area (Å²) in [5.74, 6) is 1.70. The first kappa shape index (κ1) is 10.9. The van der Waals surface area contributed by atoms with Gasteiger partial charge in [-0.1, -0.05) is 18.9 Å². The van der Waals surface area contributed by atoms with Gasteiger partial charge in [-0.2, -0.15) is 5.10 Å². The Morgan fingerprint density at radius 1 is 1.41 bits per heavy atom.